The number of hydrogen-bond donors (Lipinski definition) is 2. The lowest BCUT2D eigenvalue weighted by atomic mass is 9.76. The van der Waals surface area contributed by atoms with Gasteiger partial charge in [-0.3, -0.25) is 4.79 Å². The van der Waals surface area contributed by atoms with Gasteiger partial charge >= 0.3 is 5.97 Å². The van der Waals surface area contributed by atoms with Crippen LogP contribution in [0.3, 0.4) is 0 Å². The van der Waals surface area contributed by atoms with Crippen LogP contribution in [0.1, 0.15) is 55.7 Å². The Kier molecular flexibility index (Phi) is 4.89. The standard InChI is InChI=1S/C16H21ClFNO2/c1-10-6-11(12(17)7-13(10)18)14(19)8-16(9-15(20)21)4-2-3-5-16/h6-7,14H,2-5,8-9,19H2,1H3,(H,20,21). The fourth-order valence-electron chi connectivity index (χ4n) is 3.44. The molecule has 0 amide bonds. The van der Waals surface area contributed by atoms with Crippen molar-refractivity contribution in [2.24, 2.45) is 11.1 Å². The second-order valence-electron chi connectivity index (χ2n) is 6.21. The van der Waals surface area contributed by atoms with Crippen LogP contribution in [-0.4, -0.2) is 11.1 Å². The van der Waals surface area contributed by atoms with Gasteiger partial charge in [0.15, 0.2) is 0 Å². The highest BCUT2D eigenvalue weighted by Crippen LogP contribution is 2.47. The third-order valence-corrected chi connectivity index (χ3v) is 4.85. The molecule has 1 unspecified atom stereocenters. The van der Waals surface area contributed by atoms with Crippen LogP contribution in [0.5, 0.6) is 0 Å². The highest BCUT2D eigenvalue weighted by Gasteiger charge is 2.38. The molecule has 5 heteroatoms. The molecule has 1 aromatic carbocycles. The van der Waals surface area contributed by atoms with Crippen molar-refractivity contribution in [3.05, 3.63) is 34.1 Å². The Hall–Kier alpha value is -1.13. The zero-order chi connectivity index (χ0) is 15.6. The predicted octanol–water partition coefficient (Wildman–Crippen LogP) is 4.21. The molecule has 3 nitrogen and oxygen atoms in total. The van der Waals surface area contributed by atoms with Crippen molar-refractivity contribution in [1.82, 2.24) is 0 Å². The Balaban J connectivity index is 2.21. The fraction of sp³-hybridized carbons (Fsp3) is 0.562. The second kappa shape index (κ2) is 6.32. The number of halogens is 2. The van der Waals surface area contributed by atoms with Gasteiger partial charge in [0.1, 0.15) is 5.82 Å². The van der Waals surface area contributed by atoms with E-state index in [1.807, 2.05) is 0 Å². The van der Waals surface area contributed by atoms with Crippen LogP contribution in [-0.2, 0) is 4.79 Å². The number of aliphatic carboxylic acids is 1. The summed E-state index contributed by atoms with van der Waals surface area (Å²) in [5.41, 5.74) is 7.21. The molecule has 1 atom stereocenters. The van der Waals surface area contributed by atoms with Gasteiger partial charge in [-0.1, -0.05) is 30.5 Å². The van der Waals surface area contributed by atoms with E-state index in [0.717, 1.165) is 25.7 Å². The third-order valence-electron chi connectivity index (χ3n) is 4.52. The molecule has 2 rings (SSSR count). The number of carbonyl (C=O) groups is 1. The molecule has 21 heavy (non-hydrogen) atoms. The second-order valence-corrected chi connectivity index (χ2v) is 6.62. The summed E-state index contributed by atoms with van der Waals surface area (Å²) in [6.45, 7) is 1.67. The number of benzene rings is 1. The Morgan fingerprint density at radius 3 is 2.67 bits per heavy atom. The van der Waals surface area contributed by atoms with Crippen molar-refractivity contribution in [1.29, 1.82) is 0 Å². The quantitative estimate of drug-likeness (QED) is 0.855. The lowest BCUT2D eigenvalue weighted by molar-refractivity contribution is -0.139. The molecular formula is C16H21ClFNO2. The number of aryl methyl sites for hydroxylation is 1. The van der Waals surface area contributed by atoms with Crippen LogP contribution >= 0.6 is 11.6 Å². The molecular weight excluding hydrogens is 293 g/mol. The van der Waals surface area contributed by atoms with E-state index < -0.39 is 5.97 Å². The van der Waals surface area contributed by atoms with Gasteiger partial charge < -0.3 is 10.8 Å². The molecule has 3 N–H and O–H groups in total. The van der Waals surface area contributed by atoms with Crippen molar-refractivity contribution < 1.29 is 14.3 Å². The Labute approximate surface area is 129 Å². The van der Waals surface area contributed by atoms with Crippen molar-refractivity contribution in [2.75, 3.05) is 0 Å². The molecule has 0 radical (unpaired) electrons. The Morgan fingerprint density at radius 1 is 1.48 bits per heavy atom. The third kappa shape index (κ3) is 3.74. The SMILES string of the molecule is Cc1cc(C(N)CC2(CC(=O)O)CCCC2)c(Cl)cc1F. The number of hydrogen-bond acceptors (Lipinski definition) is 2. The monoisotopic (exact) mass is 313 g/mol. The van der Waals surface area contributed by atoms with Crippen LogP contribution in [0, 0.1) is 18.2 Å². The summed E-state index contributed by atoms with van der Waals surface area (Å²) in [6.07, 6.45) is 4.55. The van der Waals surface area contributed by atoms with E-state index in [1.165, 1.54) is 6.07 Å². The molecule has 0 aliphatic heterocycles. The van der Waals surface area contributed by atoms with Crippen molar-refractivity contribution in [2.45, 2.75) is 51.5 Å². The van der Waals surface area contributed by atoms with Crippen LogP contribution in [0.25, 0.3) is 0 Å². The number of carboxylic acids is 1. The molecule has 1 aromatic rings. The first-order valence-electron chi connectivity index (χ1n) is 7.26. The summed E-state index contributed by atoms with van der Waals surface area (Å²) >= 11 is 6.10. The molecule has 1 aliphatic carbocycles. The summed E-state index contributed by atoms with van der Waals surface area (Å²) in [5, 5.41) is 9.46. The molecule has 1 aliphatic rings. The summed E-state index contributed by atoms with van der Waals surface area (Å²) in [5.74, 6) is -1.14. The van der Waals surface area contributed by atoms with Crippen LogP contribution in [0.4, 0.5) is 4.39 Å². The number of rotatable bonds is 5. The molecule has 0 saturated heterocycles. The van der Waals surface area contributed by atoms with Crippen LogP contribution < -0.4 is 5.73 Å². The Bertz CT molecular complexity index is 541. The first-order valence-corrected chi connectivity index (χ1v) is 7.64. The highest BCUT2D eigenvalue weighted by molar-refractivity contribution is 6.31. The summed E-state index contributed by atoms with van der Waals surface area (Å²) in [6, 6.07) is 2.59. The minimum atomic E-state index is -0.787. The molecule has 0 spiro atoms. The summed E-state index contributed by atoms with van der Waals surface area (Å²) in [4.78, 5) is 11.1. The summed E-state index contributed by atoms with van der Waals surface area (Å²) < 4.78 is 13.5. The first kappa shape index (κ1) is 16.2. The maximum atomic E-state index is 13.5. The van der Waals surface area contributed by atoms with Crippen LogP contribution in [0.2, 0.25) is 5.02 Å². The topological polar surface area (TPSA) is 63.3 Å². The van der Waals surface area contributed by atoms with Gasteiger partial charge in [-0.15, -0.1) is 0 Å². The largest absolute Gasteiger partial charge is 0.481 e. The van der Waals surface area contributed by atoms with Gasteiger partial charge in [0.2, 0.25) is 0 Å². The van der Waals surface area contributed by atoms with E-state index in [0.29, 0.717) is 22.6 Å². The summed E-state index contributed by atoms with van der Waals surface area (Å²) in [7, 11) is 0. The number of carboxylic acid groups (broad SMARTS) is 1. The number of nitrogens with two attached hydrogens (primary N) is 1. The zero-order valence-electron chi connectivity index (χ0n) is 12.2. The molecule has 0 aromatic heterocycles. The van der Waals surface area contributed by atoms with E-state index in [9.17, 15) is 9.18 Å². The maximum Gasteiger partial charge on any atom is 0.303 e. The normalized spacial score (nSPS) is 18.7. The molecule has 1 fully saturated rings. The zero-order valence-corrected chi connectivity index (χ0v) is 12.9. The van der Waals surface area contributed by atoms with Gasteiger partial charge in [-0.25, -0.2) is 4.39 Å². The van der Waals surface area contributed by atoms with Gasteiger partial charge in [-0.2, -0.15) is 0 Å². The molecule has 0 heterocycles. The van der Waals surface area contributed by atoms with E-state index in [4.69, 9.17) is 22.4 Å². The highest BCUT2D eigenvalue weighted by atomic mass is 35.5. The lowest BCUT2D eigenvalue weighted by Gasteiger charge is -2.30. The van der Waals surface area contributed by atoms with E-state index in [1.54, 1.807) is 13.0 Å². The lowest BCUT2D eigenvalue weighted by Crippen LogP contribution is -2.27. The van der Waals surface area contributed by atoms with E-state index in [-0.39, 0.29) is 23.7 Å². The first-order chi connectivity index (χ1) is 9.83. The molecule has 0 bridgehead atoms. The molecule has 1 saturated carbocycles. The Morgan fingerprint density at radius 2 is 2.10 bits per heavy atom. The van der Waals surface area contributed by atoms with Crippen molar-refractivity contribution >= 4 is 17.6 Å². The van der Waals surface area contributed by atoms with Gasteiger partial charge in [0, 0.05) is 11.1 Å². The van der Waals surface area contributed by atoms with Gasteiger partial charge in [0.05, 0.1) is 6.42 Å². The predicted molar refractivity (Wildman–Crippen MR) is 80.8 cm³/mol. The smallest absolute Gasteiger partial charge is 0.303 e. The van der Waals surface area contributed by atoms with Crippen molar-refractivity contribution in [3.63, 3.8) is 0 Å². The van der Waals surface area contributed by atoms with Gasteiger partial charge in [0.25, 0.3) is 0 Å². The molecule has 116 valence electrons. The fourth-order valence-corrected chi connectivity index (χ4v) is 3.73. The minimum Gasteiger partial charge on any atom is -0.481 e. The average molecular weight is 314 g/mol. The van der Waals surface area contributed by atoms with Gasteiger partial charge in [-0.05, 0) is 48.8 Å². The van der Waals surface area contributed by atoms with E-state index >= 15 is 0 Å². The average Bonchev–Trinajstić information content (AvgIpc) is 2.80. The van der Waals surface area contributed by atoms with E-state index in [2.05, 4.69) is 0 Å². The van der Waals surface area contributed by atoms with Crippen molar-refractivity contribution in [3.8, 4) is 0 Å². The minimum absolute atomic E-state index is 0.137. The van der Waals surface area contributed by atoms with Crippen LogP contribution in [0.15, 0.2) is 12.1 Å². The maximum absolute atomic E-state index is 13.5.